The minimum absolute atomic E-state index is 0.0641. The van der Waals surface area contributed by atoms with E-state index in [2.05, 4.69) is 5.32 Å². The molecule has 1 aromatic rings. The molecule has 20 heavy (non-hydrogen) atoms. The molecule has 2 aliphatic rings. The molecule has 0 bridgehead atoms. The number of amides is 2. The Bertz CT molecular complexity index is 542. The second kappa shape index (κ2) is 5.29. The number of hydrogen-bond donors (Lipinski definition) is 1. The third-order valence-electron chi connectivity index (χ3n) is 3.88. The van der Waals surface area contributed by atoms with E-state index >= 15 is 0 Å². The minimum atomic E-state index is -0.167. The summed E-state index contributed by atoms with van der Waals surface area (Å²) in [5, 5.41) is 3.74. The van der Waals surface area contributed by atoms with Crippen molar-refractivity contribution in [3.05, 3.63) is 41.4 Å². The molecule has 5 heteroatoms. The van der Waals surface area contributed by atoms with Crippen molar-refractivity contribution in [2.45, 2.75) is 12.8 Å². The van der Waals surface area contributed by atoms with Gasteiger partial charge in [0.2, 0.25) is 11.8 Å². The number of rotatable bonds is 3. The number of benzene rings is 1. The number of likely N-dealkylation sites (tertiary alicyclic amines) is 1. The van der Waals surface area contributed by atoms with Gasteiger partial charge in [0.1, 0.15) is 0 Å². The Kier molecular flexibility index (Phi) is 3.49. The normalized spacial score (nSPS) is 24.9. The summed E-state index contributed by atoms with van der Waals surface area (Å²) in [5.74, 6) is -0.462. The Morgan fingerprint density at radius 2 is 1.60 bits per heavy atom. The molecule has 1 saturated heterocycles. The van der Waals surface area contributed by atoms with Crippen molar-refractivity contribution in [3.63, 3.8) is 0 Å². The number of allylic oxidation sites excluding steroid dienone is 2. The number of nitrogens with one attached hydrogen (secondary N) is 1. The number of imide groups is 1. The van der Waals surface area contributed by atoms with Crippen molar-refractivity contribution >= 4 is 29.1 Å². The highest BCUT2D eigenvalue weighted by molar-refractivity contribution is 6.30. The average Bonchev–Trinajstić information content (AvgIpc) is 2.71. The molecule has 4 nitrogen and oxygen atoms in total. The van der Waals surface area contributed by atoms with Gasteiger partial charge in [-0.1, -0.05) is 23.8 Å². The zero-order valence-electron chi connectivity index (χ0n) is 10.9. The lowest BCUT2D eigenvalue weighted by Gasteiger charge is -2.16. The highest BCUT2D eigenvalue weighted by Gasteiger charge is 2.46. The third-order valence-corrected chi connectivity index (χ3v) is 4.14. The van der Waals surface area contributed by atoms with Crippen LogP contribution >= 0.6 is 11.6 Å². The summed E-state index contributed by atoms with van der Waals surface area (Å²) in [6.07, 6.45) is 5.32. The standard InChI is InChI=1S/C15H15ClN2O2/c16-10-5-7-11(8-6-10)17-9-18-14(19)12-3-1-2-4-13(12)15(18)20/h1-2,5-8,12-13,17H,3-4,9H2/t12-,13+. The van der Waals surface area contributed by atoms with Crippen molar-refractivity contribution in [3.8, 4) is 0 Å². The van der Waals surface area contributed by atoms with Gasteiger partial charge in [0.25, 0.3) is 0 Å². The number of fused-ring (bicyclic) bond motifs is 1. The van der Waals surface area contributed by atoms with Crippen LogP contribution in [0.25, 0.3) is 0 Å². The quantitative estimate of drug-likeness (QED) is 0.688. The second-order valence-corrected chi connectivity index (χ2v) is 5.54. The Hall–Kier alpha value is -1.81. The van der Waals surface area contributed by atoms with Gasteiger partial charge in [0, 0.05) is 10.7 Å². The van der Waals surface area contributed by atoms with Crippen molar-refractivity contribution in [2.24, 2.45) is 11.8 Å². The van der Waals surface area contributed by atoms with Crippen LogP contribution in [0.3, 0.4) is 0 Å². The number of anilines is 1. The summed E-state index contributed by atoms with van der Waals surface area (Å²) in [6.45, 7) is 0.215. The van der Waals surface area contributed by atoms with Crippen LogP contribution in [0.15, 0.2) is 36.4 Å². The maximum Gasteiger partial charge on any atom is 0.234 e. The first-order valence-corrected chi connectivity index (χ1v) is 7.04. The molecule has 1 aromatic carbocycles. The number of halogens is 1. The van der Waals surface area contributed by atoms with Gasteiger partial charge in [-0.25, -0.2) is 0 Å². The highest BCUT2D eigenvalue weighted by atomic mass is 35.5. The third kappa shape index (κ3) is 2.31. The summed E-state index contributed by atoms with van der Waals surface area (Å²) in [7, 11) is 0. The zero-order chi connectivity index (χ0) is 14.1. The maximum atomic E-state index is 12.2. The average molecular weight is 291 g/mol. The van der Waals surface area contributed by atoms with Crippen LogP contribution in [0.1, 0.15) is 12.8 Å². The van der Waals surface area contributed by atoms with Crippen LogP contribution in [0.5, 0.6) is 0 Å². The molecule has 3 rings (SSSR count). The lowest BCUT2D eigenvalue weighted by Crippen LogP contribution is -2.35. The fourth-order valence-electron chi connectivity index (χ4n) is 2.76. The largest absolute Gasteiger partial charge is 0.367 e. The maximum absolute atomic E-state index is 12.2. The van der Waals surface area contributed by atoms with Gasteiger partial charge in [-0.2, -0.15) is 0 Å². The SMILES string of the molecule is O=C1[C@H]2CC=CC[C@H]2C(=O)N1CNc1ccc(Cl)cc1. The Labute approximate surface area is 122 Å². The summed E-state index contributed by atoms with van der Waals surface area (Å²) < 4.78 is 0. The zero-order valence-corrected chi connectivity index (χ0v) is 11.6. The van der Waals surface area contributed by atoms with Crippen molar-refractivity contribution in [2.75, 3.05) is 12.0 Å². The smallest absolute Gasteiger partial charge is 0.234 e. The second-order valence-electron chi connectivity index (χ2n) is 5.10. The molecular formula is C15H15ClN2O2. The number of carbonyl (C=O) groups excluding carboxylic acids is 2. The molecule has 2 atom stereocenters. The summed E-state index contributed by atoms with van der Waals surface area (Å²) in [5.41, 5.74) is 0.836. The van der Waals surface area contributed by atoms with Crippen LogP contribution in [0.2, 0.25) is 5.02 Å². The van der Waals surface area contributed by atoms with E-state index in [4.69, 9.17) is 11.6 Å². The van der Waals surface area contributed by atoms with E-state index in [1.807, 2.05) is 24.3 Å². The van der Waals surface area contributed by atoms with E-state index in [-0.39, 0.29) is 30.3 Å². The Balaban J connectivity index is 1.67. The van der Waals surface area contributed by atoms with Gasteiger partial charge in [-0.15, -0.1) is 0 Å². The van der Waals surface area contributed by atoms with E-state index < -0.39 is 0 Å². The molecule has 104 valence electrons. The predicted octanol–water partition coefficient (Wildman–Crippen LogP) is 2.66. The molecule has 1 N–H and O–H groups in total. The first-order chi connectivity index (χ1) is 9.66. The molecule has 1 fully saturated rings. The van der Waals surface area contributed by atoms with E-state index in [1.54, 1.807) is 12.1 Å². The monoisotopic (exact) mass is 290 g/mol. The van der Waals surface area contributed by atoms with E-state index in [0.717, 1.165) is 5.69 Å². The fraction of sp³-hybridized carbons (Fsp3) is 0.333. The van der Waals surface area contributed by atoms with E-state index in [1.165, 1.54) is 4.90 Å². The van der Waals surface area contributed by atoms with Gasteiger partial charge in [-0.05, 0) is 37.1 Å². The predicted molar refractivity (Wildman–Crippen MR) is 77.1 cm³/mol. The molecule has 1 heterocycles. The highest BCUT2D eigenvalue weighted by Crippen LogP contribution is 2.34. The molecule has 0 radical (unpaired) electrons. The van der Waals surface area contributed by atoms with E-state index in [0.29, 0.717) is 17.9 Å². The summed E-state index contributed by atoms with van der Waals surface area (Å²) in [4.78, 5) is 25.8. The molecular weight excluding hydrogens is 276 g/mol. The van der Waals surface area contributed by atoms with Crippen LogP contribution in [0.4, 0.5) is 5.69 Å². The number of nitrogens with zero attached hydrogens (tertiary/aromatic N) is 1. The Morgan fingerprint density at radius 3 is 2.15 bits per heavy atom. The van der Waals surface area contributed by atoms with Crippen LogP contribution in [0, 0.1) is 11.8 Å². The van der Waals surface area contributed by atoms with Crippen LogP contribution in [-0.2, 0) is 9.59 Å². The van der Waals surface area contributed by atoms with Gasteiger partial charge in [0.05, 0.1) is 18.5 Å². The topological polar surface area (TPSA) is 49.4 Å². The van der Waals surface area contributed by atoms with Crippen LogP contribution in [-0.4, -0.2) is 23.4 Å². The molecule has 2 amide bonds. The fourth-order valence-corrected chi connectivity index (χ4v) is 2.89. The number of hydrogen-bond acceptors (Lipinski definition) is 3. The first-order valence-electron chi connectivity index (χ1n) is 6.66. The summed E-state index contributed by atoms with van der Waals surface area (Å²) >= 11 is 5.81. The Morgan fingerprint density at radius 1 is 1.05 bits per heavy atom. The molecule has 0 saturated carbocycles. The molecule has 0 spiro atoms. The lowest BCUT2D eigenvalue weighted by molar-refractivity contribution is -0.139. The number of carbonyl (C=O) groups is 2. The van der Waals surface area contributed by atoms with Gasteiger partial charge < -0.3 is 5.32 Å². The minimum Gasteiger partial charge on any atom is -0.367 e. The van der Waals surface area contributed by atoms with Crippen molar-refractivity contribution < 1.29 is 9.59 Å². The van der Waals surface area contributed by atoms with Crippen LogP contribution < -0.4 is 5.32 Å². The molecule has 1 aliphatic heterocycles. The van der Waals surface area contributed by atoms with Gasteiger partial charge in [-0.3, -0.25) is 14.5 Å². The van der Waals surface area contributed by atoms with Crippen molar-refractivity contribution in [1.82, 2.24) is 4.90 Å². The summed E-state index contributed by atoms with van der Waals surface area (Å²) in [6, 6.07) is 7.17. The van der Waals surface area contributed by atoms with Crippen molar-refractivity contribution in [1.29, 1.82) is 0 Å². The van der Waals surface area contributed by atoms with Gasteiger partial charge in [0.15, 0.2) is 0 Å². The first kappa shape index (κ1) is 13.2. The molecule has 1 aliphatic carbocycles. The lowest BCUT2D eigenvalue weighted by atomic mass is 9.85. The van der Waals surface area contributed by atoms with Gasteiger partial charge >= 0.3 is 0 Å². The van der Waals surface area contributed by atoms with E-state index in [9.17, 15) is 9.59 Å². The molecule has 0 unspecified atom stereocenters. The molecule has 0 aromatic heterocycles.